The SMILES string of the molecule is Cc1cnc(C)c(N2CCN(Cc3nc(-c4ccc(-c5ccccc5)cc4)oc3C)CC2)n1. The molecule has 0 unspecified atom stereocenters. The Bertz CT molecular complexity index is 1230. The quantitative estimate of drug-likeness (QED) is 0.434. The third-order valence-electron chi connectivity index (χ3n) is 6.23. The number of anilines is 1. The molecular weight excluding hydrogens is 410 g/mol. The number of aryl methyl sites for hydroxylation is 3. The van der Waals surface area contributed by atoms with Gasteiger partial charge in [-0.2, -0.15) is 0 Å². The van der Waals surface area contributed by atoms with Gasteiger partial charge >= 0.3 is 0 Å². The molecule has 2 aromatic carbocycles. The summed E-state index contributed by atoms with van der Waals surface area (Å²) in [6.07, 6.45) is 1.83. The van der Waals surface area contributed by atoms with Crippen molar-refractivity contribution in [2.24, 2.45) is 0 Å². The monoisotopic (exact) mass is 439 g/mol. The molecule has 0 radical (unpaired) electrons. The van der Waals surface area contributed by atoms with Crippen LogP contribution in [0.15, 0.2) is 65.2 Å². The molecular formula is C27H29N5O. The van der Waals surface area contributed by atoms with Gasteiger partial charge in [0.1, 0.15) is 11.6 Å². The third kappa shape index (κ3) is 4.66. The normalized spacial score (nSPS) is 14.6. The average Bonchev–Trinajstić information content (AvgIpc) is 3.22. The first-order valence-electron chi connectivity index (χ1n) is 11.5. The molecule has 1 aliphatic rings. The van der Waals surface area contributed by atoms with Crippen LogP contribution in [0, 0.1) is 20.8 Å². The minimum Gasteiger partial charge on any atom is -0.441 e. The first kappa shape index (κ1) is 21.3. The van der Waals surface area contributed by atoms with Crippen molar-refractivity contribution in [3.05, 3.63) is 83.6 Å². The summed E-state index contributed by atoms with van der Waals surface area (Å²) >= 11 is 0. The highest BCUT2D eigenvalue weighted by Gasteiger charge is 2.22. The van der Waals surface area contributed by atoms with Gasteiger partial charge in [-0.05, 0) is 44.0 Å². The Kier molecular flexibility index (Phi) is 5.92. The highest BCUT2D eigenvalue weighted by Crippen LogP contribution is 2.27. The van der Waals surface area contributed by atoms with Crippen molar-refractivity contribution in [1.29, 1.82) is 0 Å². The zero-order chi connectivity index (χ0) is 22.8. The minimum absolute atomic E-state index is 0.686. The zero-order valence-electron chi connectivity index (χ0n) is 19.5. The summed E-state index contributed by atoms with van der Waals surface area (Å²) in [5.41, 5.74) is 6.36. The molecule has 0 spiro atoms. The Labute approximate surface area is 194 Å². The van der Waals surface area contributed by atoms with Crippen molar-refractivity contribution < 1.29 is 4.42 Å². The fourth-order valence-electron chi connectivity index (χ4n) is 4.29. The summed E-state index contributed by atoms with van der Waals surface area (Å²) in [5.74, 6) is 2.58. The maximum absolute atomic E-state index is 6.04. The van der Waals surface area contributed by atoms with Gasteiger partial charge in [0.2, 0.25) is 5.89 Å². The van der Waals surface area contributed by atoms with E-state index in [4.69, 9.17) is 14.4 Å². The second-order valence-corrected chi connectivity index (χ2v) is 8.65. The molecule has 0 bridgehead atoms. The van der Waals surface area contributed by atoms with E-state index in [-0.39, 0.29) is 0 Å². The van der Waals surface area contributed by atoms with Crippen LogP contribution >= 0.6 is 0 Å². The number of nitrogens with zero attached hydrogens (tertiary/aromatic N) is 5. The molecule has 6 heteroatoms. The third-order valence-corrected chi connectivity index (χ3v) is 6.23. The molecule has 6 nitrogen and oxygen atoms in total. The van der Waals surface area contributed by atoms with E-state index in [0.29, 0.717) is 5.89 Å². The number of benzene rings is 2. The van der Waals surface area contributed by atoms with Crippen molar-refractivity contribution in [2.45, 2.75) is 27.3 Å². The second kappa shape index (κ2) is 9.16. The average molecular weight is 440 g/mol. The van der Waals surface area contributed by atoms with Crippen LogP contribution in [0.4, 0.5) is 5.82 Å². The summed E-state index contributed by atoms with van der Waals surface area (Å²) in [7, 11) is 0. The lowest BCUT2D eigenvalue weighted by molar-refractivity contribution is 0.245. The summed E-state index contributed by atoms with van der Waals surface area (Å²) in [4.78, 5) is 18.8. The summed E-state index contributed by atoms with van der Waals surface area (Å²) in [6, 6.07) is 18.8. The van der Waals surface area contributed by atoms with Crippen molar-refractivity contribution in [3.63, 3.8) is 0 Å². The van der Waals surface area contributed by atoms with Crippen LogP contribution in [-0.4, -0.2) is 46.0 Å². The molecule has 0 atom stereocenters. The van der Waals surface area contributed by atoms with Crippen LogP contribution in [0.1, 0.15) is 22.8 Å². The van der Waals surface area contributed by atoms with Gasteiger partial charge in [0, 0.05) is 44.5 Å². The number of piperazine rings is 1. The molecule has 1 saturated heterocycles. The molecule has 0 aliphatic carbocycles. The van der Waals surface area contributed by atoms with E-state index in [2.05, 4.69) is 63.3 Å². The largest absolute Gasteiger partial charge is 0.441 e. The highest BCUT2D eigenvalue weighted by atomic mass is 16.4. The van der Waals surface area contributed by atoms with Crippen LogP contribution in [-0.2, 0) is 6.54 Å². The van der Waals surface area contributed by atoms with Gasteiger partial charge < -0.3 is 9.32 Å². The Morgan fingerprint density at radius 1 is 0.788 bits per heavy atom. The maximum Gasteiger partial charge on any atom is 0.226 e. The molecule has 1 fully saturated rings. The van der Waals surface area contributed by atoms with Crippen molar-refractivity contribution in [1.82, 2.24) is 19.9 Å². The topological polar surface area (TPSA) is 58.3 Å². The van der Waals surface area contributed by atoms with E-state index in [1.807, 2.05) is 33.0 Å². The molecule has 2 aromatic heterocycles. The Morgan fingerprint density at radius 3 is 2.18 bits per heavy atom. The number of hydrogen-bond donors (Lipinski definition) is 0. The molecule has 0 amide bonds. The fraction of sp³-hybridized carbons (Fsp3) is 0.296. The zero-order valence-corrected chi connectivity index (χ0v) is 19.5. The van der Waals surface area contributed by atoms with Crippen LogP contribution in [0.3, 0.4) is 0 Å². The second-order valence-electron chi connectivity index (χ2n) is 8.65. The summed E-state index contributed by atoms with van der Waals surface area (Å²) in [5, 5.41) is 0. The predicted octanol–water partition coefficient (Wildman–Crippen LogP) is 5.05. The Morgan fingerprint density at radius 2 is 1.45 bits per heavy atom. The molecule has 1 aliphatic heterocycles. The fourth-order valence-corrected chi connectivity index (χ4v) is 4.29. The Hall–Kier alpha value is -3.51. The molecule has 0 saturated carbocycles. The van der Waals surface area contributed by atoms with E-state index in [9.17, 15) is 0 Å². The van der Waals surface area contributed by atoms with Crippen LogP contribution in [0.5, 0.6) is 0 Å². The van der Waals surface area contributed by atoms with Crippen LogP contribution in [0.2, 0.25) is 0 Å². The van der Waals surface area contributed by atoms with E-state index < -0.39 is 0 Å². The van der Waals surface area contributed by atoms with Gasteiger partial charge in [-0.15, -0.1) is 0 Å². The number of rotatable bonds is 5. The molecule has 33 heavy (non-hydrogen) atoms. The highest BCUT2D eigenvalue weighted by molar-refractivity contribution is 5.67. The van der Waals surface area contributed by atoms with Crippen LogP contribution in [0.25, 0.3) is 22.6 Å². The molecule has 3 heterocycles. The lowest BCUT2D eigenvalue weighted by atomic mass is 10.0. The van der Waals surface area contributed by atoms with E-state index >= 15 is 0 Å². The van der Waals surface area contributed by atoms with Crippen molar-refractivity contribution >= 4 is 5.82 Å². The van der Waals surface area contributed by atoms with Crippen LogP contribution < -0.4 is 4.90 Å². The smallest absolute Gasteiger partial charge is 0.226 e. The molecule has 5 rings (SSSR count). The predicted molar refractivity (Wildman–Crippen MR) is 131 cm³/mol. The van der Waals surface area contributed by atoms with Gasteiger partial charge in [-0.3, -0.25) is 9.88 Å². The van der Waals surface area contributed by atoms with E-state index in [1.165, 1.54) is 11.1 Å². The first-order valence-corrected chi connectivity index (χ1v) is 11.5. The summed E-state index contributed by atoms with van der Waals surface area (Å²) < 4.78 is 6.04. The minimum atomic E-state index is 0.686. The lowest BCUT2D eigenvalue weighted by Gasteiger charge is -2.35. The maximum atomic E-state index is 6.04. The van der Waals surface area contributed by atoms with Gasteiger partial charge in [0.15, 0.2) is 0 Å². The van der Waals surface area contributed by atoms with E-state index in [0.717, 1.165) is 66.9 Å². The number of hydrogen-bond acceptors (Lipinski definition) is 6. The standard InChI is InChI=1S/C27H29N5O/c1-19-17-28-20(2)26(29-19)32-15-13-31(14-16-32)18-25-21(3)33-27(30-25)24-11-9-23(10-12-24)22-7-5-4-6-8-22/h4-12,17H,13-16,18H2,1-3H3. The number of oxazole rings is 1. The Balaban J connectivity index is 1.24. The molecule has 4 aromatic rings. The lowest BCUT2D eigenvalue weighted by Crippen LogP contribution is -2.46. The van der Waals surface area contributed by atoms with E-state index in [1.54, 1.807) is 0 Å². The van der Waals surface area contributed by atoms with Gasteiger partial charge in [-0.25, -0.2) is 9.97 Å². The molecule has 0 N–H and O–H groups in total. The first-order chi connectivity index (χ1) is 16.1. The van der Waals surface area contributed by atoms with Gasteiger partial charge in [0.05, 0.1) is 17.1 Å². The van der Waals surface area contributed by atoms with Gasteiger partial charge in [0.25, 0.3) is 0 Å². The number of aromatic nitrogens is 3. The summed E-state index contributed by atoms with van der Waals surface area (Å²) in [6.45, 7) is 10.6. The molecule has 168 valence electrons. The van der Waals surface area contributed by atoms with Crippen molar-refractivity contribution in [3.8, 4) is 22.6 Å². The van der Waals surface area contributed by atoms with Gasteiger partial charge in [-0.1, -0.05) is 42.5 Å². The van der Waals surface area contributed by atoms with Crippen molar-refractivity contribution in [2.75, 3.05) is 31.1 Å².